The summed E-state index contributed by atoms with van der Waals surface area (Å²) in [6, 6.07) is 11.6. The van der Waals surface area contributed by atoms with Gasteiger partial charge in [0.1, 0.15) is 0 Å². The monoisotopic (exact) mass is 428 g/mol. The van der Waals surface area contributed by atoms with E-state index in [1.54, 1.807) is 44.2 Å². The fourth-order valence-electron chi connectivity index (χ4n) is 2.48. The fourth-order valence-corrected chi connectivity index (χ4v) is 4.22. The zero-order valence-corrected chi connectivity index (χ0v) is 17.5. The molecule has 2 N–H and O–H groups in total. The fraction of sp³-hybridized carbons (Fsp3) is 0.316. The number of carbonyl (C=O) groups excluding carboxylic acids is 1. The van der Waals surface area contributed by atoms with E-state index in [0.717, 1.165) is 5.56 Å². The number of hydrogen-bond donors (Lipinski definition) is 2. The summed E-state index contributed by atoms with van der Waals surface area (Å²) in [7, 11) is -3.57. The molecule has 27 heavy (non-hydrogen) atoms. The van der Waals surface area contributed by atoms with Gasteiger partial charge >= 0.3 is 0 Å². The molecule has 0 saturated carbocycles. The van der Waals surface area contributed by atoms with Gasteiger partial charge in [-0.1, -0.05) is 47.5 Å². The third kappa shape index (κ3) is 6.50. The first-order valence-corrected chi connectivity index (χ1v) is 10.7. The largest absolute Gasteiger partial charge is 0.352 e. The maximum Gasteiger partial charge on any atom is 0.240 e. The van der Waals surface area contributed by atoms with Crippen LogP contribution in [0.3, 0.4) is 0 Å². The summed E-state index contributed by atoms with van der Waals surface area (Å²) in [5.41, 5.74) is 1.52. The lowest BCUT2D eigenvalue weighted by molar-refractivity contribution is -0.121. The molecule has 5 nitrogen and oxygen atoms in total. The minimum Gasteiger partial charge on any atom is -0.352 e. The second-order valence-electron chi connectivity index (χ2n) is 6.41. The molecule has 0 aliphatic rings. The van der Waals surface area contributed by atoms with Crippen LogP contribution in [0, 0.1) is 0 Å². The Bertz CT molecular complexity index is 915. The molecule has 0 aliphatic heterocycles. The summed E-state index contributed by atoms with van der Waals surface area (Å²) in [4.78, 5) is 12.3. The molecule has 0 aliphatic carbocycles. The Kier molecular flexibility index (Phi) is 7.68. The molecule has 8 heteroatoms. The Morgan fingerprint density at radius 2 is 1.81 bits per heavy atom. The van der Waals surface area contributed by atoms with Crippen LogP contribution in [-0.4, -0.2) is 20.4 Å². The SMILES string of the molecule is CC(C)NS(=O)(=O)c1cccc(CNC(=O)CCc2cccc(Cl)c2Cl)c1. The van der Waals surface area contributed by atoms with Crippen LogP contribution in [0.15, 0.2) is 47.4 Å². The number of aryl methyl sites for hydroxylation is 1. The number of sulfonamides is 1. The predicted octanol–water partition coefficient (Wildman–Crippen LogP) is 3.93. The molecule has 0 radical (unpaired) electrons. The van der Waals surface area contributed by atoms with Crippen molar-refractivity contribution >= 4 is 39.1 Å². The lowest BCUT2D eigenvalue weighted by Gasteiger charge is -2.11. The number of halogens is 2. The minimum atomic E-state index is -3.57. The lowest BCUT2D eigenvalue weighted by atomic mass is 10.1. The molecule has 0 spiro atoms. The van der Waals surface area contributed by atoms with E-state index in [0.29, 0.717) is 22.0 Å². The quantitative estimate of drug-likeness (QED) is 0.668. The third-order valence-electron chi connectivity index (χ3n) is 3.74. The lowest BCUT2D eigenvalue weighted by Crippen LogP contribution is -2.30. The van der Waals surface area contributed by atoms with Crippen molar-refractivity contribution < 1.29 is 13.2 Å². The van der Waals surface area contributed by atoms with Gasteiger partial charge in [-0.3, -0.25) is 4.79 Å². The molecule has 0 aromatic heterocycles. The highest BCUT2D eigenvalue weighted by Crippen LogP contribution is 2.26. The molecule has 0 fully saturated rings. The van der Waals surface area contributed by atoms with Crippen molar-refractivity contribution in [3.63, 3.8) is 0 Å². The number of rotatable bonds is 8. The molecule has 1 amide bonds. The molecule has 0 unspecified atom stereocenters. The molecule has 0 heterocycles. The van der Waals surface area contributed by atoms with Gasteiger partial charge in [0, 0.05) is 19.0 Å². The molecule has 2 rings (SSSR count). The predicted molar refractivity (Wildman–Crippen MR) is 109 cm³/mol. The third-order valence-corrected chi connectivity index (χ3v) is 6.26. The Balaban J connectivity index is 1.93. The van der Waals surface area contributed by atoms with E-state index in [1.165, 1.54) is 6.07 Å². The van der Waals surface area contributed by atoms with Crippen LogP contribution in [-0.2, 0) is 27.8 Å². The van der Waals surface area contributed by atoms with Gasteiger partial charge in [-0.05, 0) is 49.6 Å². The summed E-state index contributed by atoms with van der Waals surface area (Å²) in [5.74, 6) is -0.153. The van der Waals surface area contributed by atoms with Gasteiger partial charge in [-0.2, -0.15) is 0 Å². The van der Waals surface area contributed by atoms with Crippen LogP contribution in [0.5, 0.6) is 0 Å². The van der Waals surface area contributed by atoms with Crippen LogP contribution in [0.25, 0.3) is 0 Å². The first-order chi connectivity index (χ1) is 12.7. The second kappa shape index (κ2) is 9.55. The standard InChI is InChI=1S/C19H22Cl2N2O3S/c1-13(2)23-27(25,26)16-7-3-5-14(11-16)12-22-18(24)10-9-15-6-4-8-17(20)19(15)21/h3-8,11,13,23H,9-10,12H2,1-2H3,(H,22,24). The molecular formula is C19H22Cl2N2O3S. The number of carbonyl (C=O) groups is 1. The van der Waals surface area contributed by atoms with Gasteiger partial charge in [-0.25, -0.2) is 13.1 Å². The van der Waals surface area contributed by atoms with Crippen LogP contribution >= 0.6 is 23.2 Å². The highest BCUT2D eigenvalue weighted by molar-refractivity contribution is 7.89. The Hall–Kier alpha value is -1.60. The number of benzene rings is 2. The maximum atomic E-state index is 12.2. The van der Waals surface area contributed by atoms with Crippen molar-refractivity contribution in [1.82, 2.24) is 10.0 Å². The second-order valence-corrected chi connectivity index (χ2v) is 8.91. The summed E-state index contributed by atoms with van der Waals surface area (Å²) >= 11 is 12.1. The van der Waals surface area contributed by atoms with Gasteiger partial charge < -0.3 is 5.32 Å². The van der Waals surface area contributed by atoms with E-state index < -0.39 is 10.0 Å². The van der Waals surface area contributed by atoms with Gasteiger partial charge in [0.2, 0.25) is 15.9 Å². The van der Waals surface area contributed by atoms with Gasteiger partial charge in [0.05, 0.1) is 14.9 Å². The van der Waals surface area contributed by atoms with Crippen LogP contribution in [0.1, 0.15) is 31.4 Å². The molecule has 2 aromatic carbocycles. The highest BCUT2D eigenvalue weighted by atomic mass is 35.5. The topological polar surface area (TPSA) is 75.3 Å². The summed E-state index contributed by atoms with van der Waals surface area (Å²) < 4.78 is 27.0. The molecule has 0 saturated heterocycles. The van der Waals surface area contributed by atoms with E-state index in [2.05, 4.69) is 10.0 Å². The smallest absolute Gasteiger partial charge is 0.240 e. The summed E-state index contributed by atoms with van der Waals surface area (Å²) in [6.07, 6.45) is 0.727. The maximum absolute atomic E-state index is 12.2. The minimum absolute atomic E-state index is 0.153. The molecule has 0 bridgehead atoms. The molecule has 146 valence electrons. The van der Waals surface area contributed by atoms with E-state index in [1.807, 2.05) is 6.07 Å². The Morgan fingerprint density at radius 1 is 1.11 bits per heavy atom. The number of nitrogens with one attached hydrogen (secondary N) is 2. The molecular weight excluding hydrogens is 407 g/mol. The first kappa shape index (κ1) is 21.7. The van der Waals surface area contributed by atoms with Crippen molar-refractivity contribution in [2.24, 2.45) is 0 Å². The van der Waals surface area contributed by atoms with E-state index in [9.17, 15) is 13.2 Å². The van der Waals surface area contributed by atoms with Crippen molar-refractivity contribution in [3.05, 3.63) is 63.6 Å². The van der Waals surface area contributed by atoms with E-state index in [4.69, 9.17) is 23.2 Å². The average molecular weight is 429 g/mol. The van der Waals surface area contributed by atoms with Gasteiger partial charge in [-0.15, -0.1) is 0 Å². The normalized spacial score (nSPS) is 11.6. The zero-order chi connectivity index (χ0) is 20.0. The average Bonchev–Trinajstić information content (AvgIpc) is 2.60. The number of hydrogen-bond acceptors (Lipinski definition) is 3. The summed E-state index contributed by atoms with van der Waals surface area (Å²) in [5, 5.41) is 3.71. The van der Waals surface area contributed by atoms with Crippen molar-refractivity contribution in [2.75, 3.05) is 0 Å². The van der Waals surface area contributed by atoms with E-state index >= 15 is 0 Å². The van der Waals surface area contributed by atoms with Crippen LogP contribution in [0.2, 0.25) is 10.0 Å². The van der Waals surface area contributed by atoms with Crippen LogP contribution in [0.4, 0.5) is 0 Å². The molecule has 2 aromatic rings. The Labute approximate surface area is 170 Å². The highest BCUT2D eigenvalue weighted by Gasteiger charge is 2.15. The van der Waals surface area contributed by atoms with E-state index in [-0.39, 0.29) is 29.8 Å². The zero-order valence-electron chi connectivity index (χ0n) is 15.1. The Morgan fingerprint density at radius 3 is 2.52 bits per heavy atom. The number of amides is 1. The summed E-state index contributed by atoms with van der Waals surface area (Å²) in [6.45, 7) is 3.76. The van der Waals surface area contributed by atoms with Crippen molar-refractivity contribution in [3.8, 4) is 0 Å². The van der Waals surface area contributed by atoms with Crippen molar-refractivity contribution in [2.45, 2.75) is 44.2 Å². The van der Waals surface area contributed by atoms with Gasteiger partial charge in [0.15, 0.2) is 0 Å². The first-order valence-electron chi connectivity index (χ1n) is 8.50. The molecule has 0 atom stereocenters. The van der Waals surface area contributed by atoms with Crippen LogP contribution < -0.4 is 10.0 Å². The van der Waals surface area contributed by atoms with Gasteiger partial charge in [0.25, 0.3) is 0 Å². The van der Waals surface area contributed by atoms with Crippen molar-refractivity contribution in [1.29, 1.82) is 0 Å².